The number of rotatable bonds is 4. The molecule has 1 aromatic carbocycles. The van der Waals surface area contributed by atoms with E-state index in [1.807, 2.05) is 45.0 Å². The minimum absolute atomic E-state index is 0.213. The molecule has 0 amide bonds. The molecule has 2 N–H and O–H groups in total. The molecule has 0 radical (unpaired) electrons. The van der Waals surface area contributed by atoms with Gasteiger partial charge in [0.25, 0.3) is 0 Å². The fraction of sp³-hybridized carbons (Fsp3) is 0.375. The van der Waals surface area contributed by atoms with Crippen LogP contribution in [0.3, 0.4) is 0 Å². The highest BCUT2D eigenvalue weighted by atomic mass is 16.6. The predicted octanol–water partition coefficient (Wildman–Crippen LogP) is 2.40. The second-order valence-corrected chi connectivity index (χ2v) is 6.05. The van der Waals surface area contributed by atoms with E-state index in [9.17, 15) is 4.79 Å². The standard InChI is InChI=1S/C16H21N3O2/c1-16(2,3)21-15(20)8-12-4-6-13(7-5-12)10-19-11-14(17)9-18-19/h4-7,9,11H,8,10,17H2,1-3H3. The molecule has 0 fully saturated rings. The van der Waals surface area contributed by atoms with Crippen molar-refractivity contribution in [3.8, 4) is 0 Å². The van der Waals surface area contributed by atoms with E-state index in [0.29, 0.717) is 12.2 Å². The van der Waals surface area contributed by atoms with E-state index in [2.05, 4.69) is 5.10 Å². The molecular weight excluding hydrogens is 266 g/mol. The first-order chi connectivity index (χ1) is 9.82. The zero-order valence-electron chi connectivity index (χ0n) is 12.7. The summed E-state index contributed by atoms with van der Waals surface area (Å²) in [7, 11) is 0. The number of carbonyl (C=O) groups is 1. The number of esters is 1. The molecule has 0 aliphatic carbocycles. The molecule has 2 aromatic rings. The summed E-state index contributed by atoms with van der Waals surface area (Å²) in [5.41, 5.74) is 7.87. The van der Waals surface area contributed by atoms with Crippen LogP contribution in [0.4, 0.5) is 5.69 Å². The molecule has 0 unspecified atom stereocenters. The van der Waals surface area contributed by atoms with Crippen molar-refractivity contribution in [1.29, 1.82) is 0 Å². The van der Waals surface area contributed by atoms with Crippen molar-refractivity contribution in [2.24, 2.45) is 0 Å². The molecular formula is C16H21N3O2. The normalized spacial score (nSPS) is 11.4. The summed E-state index contributed by atoms with van der Waals surface area (Å²) in [6.07, 6.45) is 3.69. The summed E-state index contributed by atoms with van der Waals surface area (Å²) in [5.74, 6) is -0.213. The first-order valence-corrected chi connectivity index (χ1v) is 6.89. The van der Waals surface area contributed by atoms with E-state index in [-0.39, 0.29) is 12.4 Å². The highest BCUT2D eigenvalue weighted by Gasteiger charge is 2.16. The van der Waals surface area contributed by atoms with Gasteiger partial charge in [0.05, 0.1) is 24.8 Å². The van der Waals surface area contributed by atoms with E-state index in [4.69, 9.17) is 10.5 Å². The summed E-state index contributed by atoms with van der Waals surface area (Å²) in [4.78, 5) is 11.8. The third-order valence-electron chi connectivity index (χ3n) is 2.79. The average Bonchev–Trinajstić information content (AvgIpc) is 2.75. The number of aromatic nitrogens is 2. The number of nitrogen functional groups attached to an aromatic ring is 1. The smallest absolute Gasteiger partial charge is 0.310 e. The van der Waals surface area contributed by atoms with Crippen LogP contribution in [0.15, 0.2) is 36.7 Å². The zero-order valence-corrected chi connectivity index (χ0v) is 12.7. The molecule has 0 saturated carbocycles. The zero-order chi connectivity index (χ0) is 15.5. The fourth-order valence-corrected chi connectivity index (χ4v) is 1.96. The lowest BCUT2D eigenvalue weighted by Gasteiger charge is -2.19. The van der Waals surface area contributed by atoms with Crippen LogP contribution >= 0.6 is 0 Å². The second-order valence-electron chi connectivity index (χ2n) is 6.05. The van der Waals surface area contributed by atoms with Crippen molar-refractivity contribution in [2.75, 3.05) is 5.73 Å². The van der Waals surface area contributed by atoms with Crippen molar-refractivity contribution >= 4 is 11.7 Å². The first-order valence-electron chi connectivity index (χ1n) is 6.89. The van der Waals surface area contributed by atoms with E-state index in [1.165, 1.54) is 0 Å². The monoisotopic (exact) mass is 287 g/mol. The number of nitrogens with two attached hydrogens (primary N) is 1. The largest absolute Gasteiger partial charge is 0.460 e. The van der Waals surface area contributed by atoms with Crippen molar-refractivity contribution < 1.29 is 9.53 Å². The Morgan fingerprint density at radius 3 is 2.38 bits per heavy atom. The van der Waals surface area contributed by atoms with Gasteiger partial charge in [-0.2, -0.15) is 5.10 Å². The summed E-state index contributed by atoms with van der Waals surface area (Å²) in [5, 5.41) is 4.14. The molecule has 0 spiro atoms. The topological polar surface area (TPSA) is 70.1 Å². The number of nitrogens with zero attached hydrogens (tertiary/aromatic N) is 2. The summed E-state index contributed by atoms with van der Waals surface area (Å²) in [6, 6.07) is 7.84. The lowest BCUT2D eigenvalue weighted by molar-refractivity contribution is -0.153. The van der Waals surface area contributed by atoms with Gasteiger partial charge in [-0.1, -0.05) is 24.3 Å². The molecule has 112 valence electrons. The van der Waals surface area contributed by atoms with Gasteiger partial charge in [0.15, 0.2) is 0 Å². The average molecular weight is 287 g/mol. The summed E-state index contributed by atoms with van der Waals surface area (Å²) in [6.45, 7) is 6.25. The lowest BCUT2D eigenvalue weighted by Crippen LogP contribution is -2.24. The van der Waals surface area contributed by atoms with Crippen molar-refractivity contribution in [2.45, 2.75) is 39.3 Å². The van der Waals surface area contributed by atoms with Crippen LogP contribution in [0.1, 0.15) is 31.9 Å². The molecule has 1 heterocycles. The van der Waals surface area contributed by atoms with Gasteiger partial charge in [0.1, 0.15) is 5.60 Å². The maximum atomic E-state index is 11.8. The van der Waals surface area contributed by atoms with Crippen molar-refractivity contribution in [1.82, 2.24) is 9.78 Å². The van der Waals surface area contributed by atoms with Gasteiger partial charge in [-0.25, -0.2) is 0 Å². The molecule has 1 aromatic heterocycles. The Balaban J connectivity index is 1.94. The van der Waals surface area contributed by atoms with Crippen LogP contribution in [-0.4, -0.2) is 21.4 Å². The van der Waals surface area contributed by atoms with Crippen LogP contribution in [0, 0.1) is 0 Å². The molecule has 0 saturated heterocycles. The SMILES string of the molecule is CC(C)(C)OC(=O)Cc1ccc(Cn2cc(N)cn2)cc1. The van der Waals surface area contributed by atoms with E-state index in [1.54, 1.807) is 17.1 Å². The number of hydrogen-bond acceptors (Lipinski definition) is 4. The first kappa shape index (κ1) is 15.1. The van der Waals surface area contributed by atoms with Crippen LogP contribution in [-0.2, 0) is 22.5 Å². The fourth-order valence-electron chi connectivity index (χ4n) is 1.96. The molecule has 5 nitrogen and oxygen atoms in total. The van der Waals surface area contributed by atoms with E-state index >= 15 is 0 Å². The second kappa shape index (κ2) is 5.99. The quantitative estimate of drug-likeness (QED) is 0.877. The van der Waals surface area contributed by atoms with Gasteiger partial charge >= 0.3 is 5.97 Å². The number of anilines is 1. The molecule has 0 aliphatic rings. The van der Waals surface area contributed by atoms with Crippen molar-refractivity contribution in [3.05, 3.63) is 47.8 Å². The van der Waals surface area contributed by atoms with Crippen LogP contribution in [0.2, 0.25) is 0 Å². The Bertz CT molecular complexity index is 609. The molecule has 21 heavy (non-hydrogen) atoms. The van der Waals surface area contributed by atoms with Crippen LogP contribution in [0.25, 0.3) is 0 Å². The maximum absolute atomic E-state index is 11.8. The number of ether oxygens (including phenoxy) is 1. The number of benzene rings is 1. The minimum atomic E-state index is -0.447. The lowest BCUT2D eigenvalue weighted by atomic mass is 10.1. The van der Waals surface area contributed by atoms with Gasteiger partial charge in [0.2, 0.25) is 0 Å². The molecule has 0 atom stereocenters. The Hall–Kier alpha value is -2.30. The highest BCUT2D eigenvalue weighted by Crippen LogP contribution is 2.12. The van der Waals surface area contributed by atoms with Gasteiger partial charge in [-0.05, 0) is 31.9 Å². The molecule has 0 aliphatic heterocycles. The molecule has 2 rings (SSSR count). The van der Waals surface area contributed by atoms with Gasteiger partial charge in [-0.3, -0.25) is 9.48 Å². The Morgan fingerprint density at radius 1 is 1.24 bits per heavy atom. The number of hydrogen-bond donors (Lipinski definition) is 1. The summed E-state index contributed by atoms with van der Waals surface area (Å²) < 4.78 is 7.08. The van der Waals surface area contributed by atoms with Gasteiger partial charge in [0, 0.05) is 6.20 Å². The molecule has 5 heteroatoms. The van der Waals surface area contributed by atoms with Crippen LogP contribution < -0.4 is 5.73 Å². The van der Waals surface area contributed by atoms with Gasteiger partial charge < -0.3 is 10.5 Å². The Kier molecular flexibility index (Phi) is 4.31. The van der Waals surface area contributed by atoms with Gasteiger partial charge in [-0.15, -0.1) is 0 Å². The Labute approximate surface area is 124 Å². The Morgan fingerprint density at radius 2 is 1.86 bits per heavy atom. The third kappa shape index (κ3) is 4.95. The third-order valence-corrected chi connectivity index (χ3v) is 2.79. The molecule has 0 bridgehead atoms. The predicted molar refractivity (Wildman–Crippen MR) is 81.7 cm³/mol. The van der Waals surface area contributed by atoms with E-state index in [0.717, 1.165) is 11.1 Å². The van der Waals surface area contributed by atoms with E-state index < -0.39 is 5.60 Å². The maximum Gasteiger partial charge on any atom is 0.310 e. The highest BCUT2D eigenvalue weighted by molar-refractivity contribution is 5.73. The minimum Gasteiger partial charge on any atom is -0.460 e. The van der Waals surface area contributed by atoms with Crippen molar-refractivity contribution in [3.63, 3.8) is 0 Å². The van der Waals surface area contributed by atoms with Crippen LogP contribution in [0.5, 0.6) is 0 Å². The summed E-state index contributed by atoms with van der Waals surface area (Å²) >= 11 is 0. The number of carbonyl (C=O) groups excluding carboxylic acids is 1.